The van der Waals surface area contributed by atoms with Crippen LogP contribution in [0.25, 0.3) is 0 Å². The summed E-state index contributed by atoms with van der Waals surface area (Å²) in [5.41, 5.74) is 0.948. The molecule has 0 saturated carbocycles. The van der Waals surface area contributed by atoms with Crippen molar-refractivity contribution in [2.45, 2.75) is 19.9 Å². The molecule has 0 aliphatic carbocycles. The van der Waals surface area contributed by atoms with Gasteiger partial charge in [0.1, 0.15) is 4.88 Å². The number of hydrogen-bond donors (Lipinski definition) is 1. The summed E-state index contributed by atoms with van der Waals surface area (Å²) in [6.07, 6.45) is 0.562. The molecule has 0 bridgehead atoms. The highest BCUT2D eigenvalue weighted by molar-refractivity contribution is 7.89. The molecule has 1 aliphatic rings. The Bertz CT molecular complexity index is 593. The highest BCUT2D eigenvalue weighted by atomic mass is 32.2. The van der Waals surface area contributed by atoms with Crippen LogP contribution in [-0.4, -0.2) is 49.3 Å². The Hall–Kier alpha value is -0.960. The Labute approximate surface area is 122 Å². The first kappa shape index (κ1) is 15.4. The minimum atomic E-state index is -3.34. The topological polar surface area (TPSA) is 83.9 Å². The van der Waals surface area contributed by atoms with Gasteiger partial charge in [0.15, 0.2) is 0 Å². The second kappa shape index (κ2) is 6.21. The molecular weight excluding hydrogens is 302 g/mol. The Morgan fingerprint density at radius 3 is 2.95 bits per heavy atom. The maximum Gasteiger partial charge on any atom is 0.345 e. The number of carboxylic acid groups (broad SMARTS) is 1. The molecule has 112 valence electrons. The van der Waals surface area contributed by atoms with Gasteiger partial charge in [0.05, 0.1) is 12.4 Å². The largest absolute Gasteiger partial charge is 0.477 e. The van der Waals surface area contributed by atoms with Crippen LogP contribution in [-0.2, 0) is 27.7 Å². The van der Waals surface area contributed by atoms with Gasteiger partial charge in [-0.2, -0.15) is 4.31 Å². The van der Waals surface area contributed by atoms with E-state index in [4.69, 9.17) is 9.84 Å². The lowest BCUT2D eigenvalue weighted by atomic mass is 10.1. The monoisotopic (exact) mass is 319 g/mol. The highest BCUT2D eigenvalue weighted by Gasteiger charge is 2.28. The van der Waals surface area contributed by atoms with Crippen LogP contribution in [0.1, 0.15) is 27.0 Å². The second-order valence-electron chi connectivity index (χ2n) is 4.46. The SMILES string of the molecule is CCOCCS(=O)(=O)N1CCc2cc(C(=O)O)sc2C1. The first-order valence-corrected chi connectivity index (χ1v) is 8.77. The molecule has 0 amide bonds. The fourth-order valence-electron chi connectivity index (χ4n) is 2.08. The third-order valence-corrected chi connectivity index (χ3v) is 6.07. The summed E-state index contributed by atoms with van der Waals surface area (Å²) >= 11 is 1.15. The summed E-state index contributed by atoms with van der Waals surface area (Å²) in [5.74, 6) is -0.997. The van der Waals surface area contributed by atoms with Crippen LogP contribution in [0.2, 0.25) is 0 Å². The van der Waals surface area contributed by atoms with Gasteiger partial charge in [-0.25, -0.2) is 13.2 Å². The molecule has 20 heavy (non-hydrogen) atoms. The van der Waals surface area contributed by atoms with E-state index in [1.54, 1.807) is 6.07 Å². The zero-order valence-electron chi connectivity index (χ0n) is 11.2. The van der Waals surface area contributed by atoms with Crippen molar-refractivity contribution >= 4 is 27.3 Å². The number of nitrogens with zero attached hydrogens (tertiary/aromatic N) is 1. The zero-order chi connectivity index (χ0) is 14.8. The van der Waals surface area contributed by atoms with Gasteiger partial charge in [-0.1, -0.05) is 0 Å². The first-order valence-electron chi connectivity index (χ1n) is 6.34. The number of ether oxygens (including phenoxy) is 1. The maximum atomic E-state index is 12.1. The number of aromatic carboxylic acids is 1. The van der Waals surface area contributed by atoms with E-state index in [-0.39, 0.29) is 23.8 Å². The molecule has 0 radical (unpaired) electrons. The predicted molar refractivity (Wildman–Crippen MR) is 75.7 cm³/mol. The van der Waals surface area contributed by atoms with E-state index in [9.17, 15) is 13.2 Å². The second-order valence-corrected chi connectivity index (χ2v) is 7.69. The molecule has 8 heteroatoms. The van der Waals surface area contributed by atoms with E-state index < -0.39 is 16.0 Å². The van der Waals surface area contributed by atoms with Crippen molar-refractivity contribution < 1.29 is 23.1 Å². The van der Waals surface area contributed by atoms with E-state index in [1.165, 1.54) is 4.31 Å². The predicted octanol–water partition coefficient (Wildman–Crippen LogP) is 1.17. The molecule has 0 atom stereocenters. The van der Waals surface area contributed by atoms with Crippen LogP contribution in [0.4, 0.5) is 0 Å². The fraction of sp³-hybridized carbons (Fsp3) is 0.583. The van der Waals surface area contributed by atoms with Gasteiger partial charge in [-0.15, -0.1) is 11.3 Å². The van der Waals surface area contributed by atoms with E-state index in [1.807, 2.05) is 6.92 Å². The molecule has 0 saturated heterocycles. The summed E-state index contributed by atoms with van der Waals surface area (Å²) in [5, 5.41) is 8.97. The van der Waals surface area contributed by atoms with Gasteiger partial charge in [-0.05, 0) is 25.0 Å². The molecule has 1 aliphatic heterocycles. The standard InChI is InChI=1S/C12H17NO5S2/c1-2-18-5-6-20(16,17)13-4-3-9-7-10(12(14)15)19-11(9)8-13/h7H,2-6,8H2,1H3,(H,14,15). The number of rotatable bonds is 6. The molecule has 0 aromatic carbocycles. The molecule has 0 fully saturated rings. The number of thiophene rings is 1. The number of carbonyl (C=O) groups is 1. The zero-order valence-corrected chi connectivity index (χ0v) is 12.8. The Kier molecular flexibility index (Phi) is 4.79. The Balaban J connectivity index is 2.08. The molecule has 2 rings (SSSR count). The Morgan fingerprint density at radius 2 is 2.30 bits per heavy atom. The van der Waals surface area contributed by atoms with Gasteiger partial charge >= 0.3 is 5.97 Å². The summed E-state index contributed by atoms with van der Waals surface area (Å²) < 4.78 is 30.8. The summed E-state index contributed by atoms with van der Waals surface area (Å²) in [6, 6.07) is 1.65. The smallest absolute Gasteiger partial charge is 0.345 e. The van der Waals surface area contributed by atoms with Crippen LogP contribution in [0, 0.1) is 0 Å². The van der Waals surface area contributed by atoms with Crippen molar-refractivity contribution in [3.05, 3.63) is 21.4 Å². The van der Waals surface area contributed by atoms with Crippen molar-refractivity contribution in [2.24, 2.45) is 0 Å². The van der Waals surface area contributed by atoms with Crippen LogP contribution in [0.5, 0.6) is 0 Å². The molecule has 1 aromatic rings. The lowest BCUT2D eigenvalue weighted by Crippen LogP contribution is -2.37. The molecule has 2 heterocycles. The first-order chi connectivity index (χ1) is 9.44. The van der Waals surface area contributed by atoms with Gasteiger partial charge in [0, 0.05) is 24.6 Å². The average Bonchev–Trinajstić information content (AvgIpc) is 2.81. The lowest BCUT2D eigenvalue weighted by Gasteiger charge is -2.26. The normalized spacial score (nSPS) is 16.1. The average molecular weight is 319 g/mol. The van der Waals surface area contributed by atoms with Gasteiger partial charge in [0.25, 0.3) is 0 Å². The quantitative estimate of drug-likeness (QED) is 0.796. The Morgan fingerprint density at radius 1 is 1.55 bits per heavy atom. The number of sulfonamides is 1. The summed E-state index contributed by atoms with van der Waals surface area (Å²) in [7, 11) is -3.34. The van der Waals surface area contributed by atoms with Crippen LogP contribution < -0.4 is 0 Å². The van der Waals surface area contributed by atoms with E-state index in [0.29, 0.717) is 19.6 Å². The van der Waals surface area contributed by atoms with E-state index in [2.05, 4.69) is 0 Å². The molecule has 6 nitrogen and oxygen atoms in total. The fourth-order valence-corrected chi connectivity index (χ4v) is 4.51. The van der Waals surface area contributed by atoms with Crippen LogP contribution >= 0.6 is 11.3 Å². The number of fused-ring (bicyclic) bond motifs is 1. The number of carboxylic acids is 1. The molecular formula is C12H17NO5S2. The van der Waals surface area contributed by atoms with Crippen LogP contribution in [0.3, 0.4) is 0 Å². The van der Waals surface area contributed by atoms with Crippen molar-refractivity contribution in [1.82, 2.24) is 4.31 Å². The van der Waals surface area contributed by atoms with Gasteiger partial charge in [0.2, 0.25) is 10.0 Å². The van der Waals surface area contributed by atoms with Gasteiger partial charge < -0.3 is 9.84 Å². The van der Waals surface area contributed by atoms with E-state index in [0.717, 1.165) is 21.8 Å². The molecule has 0 spiro atoms. The minimum Gasteiger partial charge on any atom is -0.477 e. The lowest BCUT2D eigenvalue weighted by molar-refractivity contribution is 0.0702. The van der Waals surface area contributed by atoms with Crippen LogP contribution in [0.15, 0.2) is 6.07 Å². The summed E-state index contributed by atoms with van der Waals surface area (Å²) in [4.78, 5) is 12.0. The highest BCUT2D eigenvalue weighted by Crippen LogP contribution is 2.29. The summed E-state index contributed by atoms with van der Waals surface area (Å²) in [6.45, 7) is 3.16. The van der Waals surface area contributed by atoms with Crippen molar-refractivity contribution in [1.29, 1.82) is 0 Å². The maximum absolute atomic E-state index is 12.1. The van der Waals surface area contributed by atoms with Gasteiger partial charge in [-0.3, -0.25) is 0 Å². The third-order valence-electron chi connectivity index (χ3n) is 3.14. The third kappa shape index (κ3) is 3.38. The molecule has 1 aromatic heterocycles. The van der Waals surface area contributed by atoms with Crippen molar-refractivity contribution in [3.63, 3.8) is 0 Å². The van der Waals surface area contributed by atoms with Crippen molar-refractivity contribution in [3.8, 4) is 0 Å². The van der Waals surface area contributed by atoms with E-state index >= 15 is 0 Å². The molecule has 1 N–H and O–H groups in total. The number of hydrogen-bond acceptors (Lipinski definition) is 5. The molecule has 0 unspecified atom stereocenters. The van der Waals surface area contributed by atoms with Crippen molar-refractivity contribution in [2.75, 3.05) is 25.5 Å². The minimum absolute atomic E-state index is 0.0344.